The zero-order chi connectivity index (χ0) is 16.7. The minimum atomic E-state index is -0.505. The van der Waals surface area contributed by atoms with Gasteiger partial charge < -0.3 is 10.6 Å². The summed E-state index contributed by atoms with van der Waals surface area (Å²) in [6, 6.07) is 12.3. The molecule has 5 heteroatoms. The van der Waals surface area contributed by atoms with Gasteiger partial charge in [-0.15, -0.1) is 0 Å². The molecule has 0 atom stereocenters. The minimum absolute atomic E-state index is 0.107. The van der Waals surface area contributed by atoms with E-state index >= 15 is 0 Å². The summed E-state index contributed by atoms with van der Waals surface area (Å²) in [7, 11) is 0. The lowest BCUT2D eigenvalue weighted by Gasteiger charge is -2.08. The SMILES string of the molecule is CCCCNC(=O)c1cccc(C(=O)Nc2ccccc2F)c1. The molecule has 2 rings (SSSR count). The fourth-order valence-corrected chi connectivity index (χ4v) is 2.04. The van der Waals surface area contributed by atoms with Crippen molar-refractivity contribution in [2.75, 3.05) is 11.9 Å². The second-order valence-corrected chi connectivity index (χ2v) is 5.12. The number of halogens is 1. The molecule has 0 saturated heterocycles. The molecule has 0 saturated carbocycles. The summed E-state index contributed by atoms with van der Waals surface area (Å²) < 4.78 is 13.6. The molecule has 0 heterocycles. The van der Waals surface area contributed by atoms with Crippen LogP contribution in [0, 0.1) is 5.82 Å². The third-order valence-electron chi connectivity index (χ3n) is 3.32. The summed E-state index contributed by atoms with van der Waals surface area (Å²) in [4.78, 5) is 24.2. The number of unbranched alkanes of at least 4 members (excludes halogenated alkanes) is 1. The third kappa shape index (κ3) is 4.64. The van der Waals surface area contributed by atoms with Gasteiger partial charge in [-0.05, 0) is 36.8 Å². The standard InChI is InChI=1S/C18H19FN2O2/c1-2-3-11-20-17(22)13-7-6-8-14(12-13)18(23)21-16-10-5-4-9-15(16)19/h4-10,12H,2-3,11H2,1H3,(H,20,22)(H,21,23). The van der Waals surface area contributed by atoms with Crippen LogP contribution in [0.25, 0.3) is 0 Å². The maximum Gasteiger partial charge on any atom is 0.255 e. The highest BCUT2D eigenvalue weighted by Crippen LogP contribution is 2.14. The lowest BCUT2D eigenvalue weighted by atomic mass is 10.1. The quantitative estimate of drug-likeness (QED) is 0.800. The molecule has 0 fully saturated rings. The Kier molecular flexibility index (Phi) is 5.86. The van der Waals surface area contributed by atoms with Crippen molar-refractivity contribution >= 4 is 17.5 Å². The highest BCUT2D eigenvalue weighted by atomic mass is 19.1. The van der Waals surface area contributed by atoms with Gasteiger partial charge in [0.05, 0.1) is 5.69 Å². The number of anilines is 1. The van der Waals surface area contributed by atoms with Crippen LogP contribution in [0.3, 0.4) is 0 Å². The third-order valence-corrected chi connectivity index (χ3v) is 3.32. The van der Waals surface area contributed by atoms with Crippen LogP contribution >= 0.6 is 0 Å². The van der Waals surface area contributed by atoms with Crippen LogP contribution in [0.1, 0.15) is 40.5 Å². The first-order valence-electron chi connectivity index (χ1n) is 7.56. The molecule has 0 spiro atoms. The van der Waals surface area contributed by atoms with Crippen molar-refractivity contribution in [3.05, 3.63) is 65.5 Å². The number of hydrogen-bond acceptors (Lipinski definition) is 2. The van der Waals surface area contributed by atoms with Gasteiger partial charge in [-0.3, -0.25) is 9.59 Å². The number of para-hydroxylation sites is 1. The molecular formula is C18H19FN2O2. The van der Waals surface area contributed by atoms with Gasteiger partial charge in [0.2, 0.25) is 0 Å². The largest absolute Gasteiger partial charge is 0.352 e. The van der Waals surface area contributed by atoms with Crippen molar-refractivity contribution in [3.8, 4) is 0 Å². The van der Waals surface area contributed by atoms with Crippen LogP contribution < -0.4 is 10.6 Å². The van der Waals surface area contributed by atoms with Gasteiger partial charge in [0.15, 0.2) is 0 Å². The van der Waals surface area contributed by atoms with Crippen molar-refractivity contribution < 1.29 is 14.0 Å². The molecule has 0 aliphatic carbocycles. The van der Waals surface area contributed by atoms with Crippen molar-refractivity contribution in [1.82, 2.24) is 5.32 Å². The van der Waals surface area contributed by atoms with E-state index in [1.54, 1.807) is 30.3 Å². The van der Waals surface area contributed by atoms with E-state index in [2.05, 4.69) is 10.6 Å². The maximum absolute atomic E-state index is 13.6. The Bertz CT molecular complexity index is 701. The maximum atomic E-state index is 13.6. The topological polar surface area (TPSA) is 58.2 Å². The van der Waals surface area contributed by atoms with Gasteiger partial charge in [0.1, 0.15) is 5.82 Å². The smallest absolute Gasteiger partial charge is 0.255 e. The zero-order valence-electron chi connectivity index (χ0n) is 12.9. The molecule has 2 N–H and O–H groups in total. The molecule has 0 unspecified atom stereocenters. The molecule has 2 aromatic rings. The Morgan fingerprint density at radius 2 is 1.70 bits per heavy atom. The van der Waals surface area contributed by atoms with Crippen LogP contribution in [0.4, 0.5) is 10.1 Å². The Morgan fingerprint density at radius 3 is 2.39 bits per heavy atom. The summed E-state index contributed by atoms with van der Waals surface area (Å²) in [6.07, 6.45) is 1.89. The van der Waals surface area contributed by atoms with Gasteiger partial charge in [0.25, 0.3) is 11.8 Å². The monoisotopic (exact) mass is 314 g/mol. The van der Waals surface area contributed by atoms with Gasteiger partial charge in [-0.1, -0.05) is 31.5 Å². The van der Waals surface area contributed by atoms with E-state index in [1.807, 2.05) is 6.92 Å². The van der Waals surface area contributed by atoms with E-state index in [9.17, 15) is 14.0 Å². The second kappa shape index (κ2) is 8.08. The van der Waals surface area contributed by atoms with Gasteiger partial charge in [-0.2, -0.15) is 0 Å². The van der Waals surface area contributed by atoms with Crippen molar-refractivity contribution in [2.24, 2.45) is 0 Å². The van der Waals surface area contributed by atoms with Crippen molar-refractivity contribution in [3.63, 3.8) is 0 Å². The highest BCUT2D eigenvalue weighted by Gasteiger charge is 2.12. The number of rotatable bonds is 6. The van der Waals surface area contributed by atoms with Crippen molar-refractivity contribution in [1.29, 1.82) is 0 Å². The first kappa shape index (κ1) is 16.7. The molecule has 2 aromatic carbocycles. The van der Waals surface area contributed by atoms with E-state index in [0.29, 0.717) is 17.7 Å². The molecule has 120 valence electrons. The normalized spacial score (nSPS) is 10.2. The molecular weight excluding hydrogens is 295 g/mol. The first-order chi connectivity index (χ1) is 11.1. The lowest BCUT2D eigenvalue weighted by Crippen LogP contribution is -2.24. The summed E-state index contributed by atoms with van der Waals surface area (Å²) in [5, 5.41) is 5.29. The molecule has 0 aliphatic rings. The predicted octanol–water partition coefficient (Wildman–Crippen LogP) is 3.61. The van der Waals surface area contributed by atoms with Crippen LogP contribution in [-0.2, 0) is 0 Å². The molecule has 23 heavy (non-hydrogen) atoms. The van der Waals surface area contributed by atoms with Crippen LogP contribution in [-0.4, -0.2) is 18.4 Å². The average molecular weight is 314 g/mol. The Morgan fingerprint density at radius 1 is 1.00 bits per heavy atom. The van der Waals surface area contributed by atoms with E-state index in [-0.39, 0.29) is 11.6 Å². The minimum Gasteiger partial charge on any atom is -0.352 e. The second-order valence-electron chi connectivity index (χ2n) is 5.12. The van der Waals surface area contributed by atoms with Gasteiger partial charge >= 0.3 is 0 Å². The molecule has 4 nitrogen and oxygen atoms in total. The van der Waals surface area contributed by atoms with E-state index in [4.69, 9.17) is 0 Å². The highest BCUT2D eigenvalue weighted by molar-refractivity contribution is 6.06. The molecule has 0 aliphatic heterocycles. The van der Waals surface area contributed by atoms with E-state index in [1.165, 1.54) is 18.2 Å². The number of nitrogens with one attached hydrogen (secondary N) is 2. The van der Waals surface area contributed by atoms with Crippen LogP contribution in [0.5, 0.6) is 0 Å². The summed E-state index contributed by atoms with van der Waals surface area (Å²) >= 11 is 0. The van der Waals surface area contributed by atoms with E-state index < -0.39 is 11.7 Å². The summed E-state index contributed by atoms with van der Waals surface area (Å²) in [6.45, 7) is 2.64. The zero-order valence-corrected chi connectivity index (χ0v) is 12.9. The van der Waals surface area contributed by atoms with Crippen LogP contribution in [0.15, 0.2) is 48.5 Å². The first-order valence-corrected chi connectivity index (χ1v) is 7.56. The molecule has 0 aromatic heterocycles. The lowest BCUT2D eigenvalue weighted by molar-refractivity contribution is 0.0953. The Labute approximate surface area is 134 Å². The predicted molar refractivity (Wildman–Crippen MR) is 88.0 cm³/mol. The fraction of sp³-hybridized carbons (Fsp3) is 0.222. The van der Waals surface area contributed by atoms with Crippen molar-refractivity contribution in [2.45, 2.75) is 19.8 Å². The molecule has 2 amide bonds. The van der Waals surface area contributed by atoms with Crippen LogP contribution in [0.2, 0.25) is 0 Å². The Balaban J connectivity index is 2.08. The number of amides is 2. The Hall–Kier alpha value is -2.69. The average Bonchev–Trinajstić information content (AvgIpc) is 2.57. The summed E-state index contributed by atoms with van der Waals surface area (Å²) in [5.74, 6) is -1.19. The van der Waals surface area contributed by atoms with Gasteiger partial charge in [-0.25, -0.2) is 4.39 Å². The van der Waals surface area contributed by atoms with Gasteiger partial charge in [0, 0.05) is 17.7 Å². The summed E-state index contributed by atoms with van der Waals surface area (Å²) in [5.41, 5.74) is 0.814. The fourth-order valence-electron chi connectivity index (χ4n) is 2.04. The molecule has 0 radical (unpaired) electrons. The number of carbonyl (C=O) groups is 2. The number of benzene rings is 2. The van der Waals surface area contributed by atoms with E-state index in [0.717, 1.165) is 12.8 Å². The molecule has 0 bridgehead atoms. The number of carbonyl (C=O) groups excluding carboxylic acids is 2. The number of hydrogen-bond donors (Lipinski definition) is 2.